The van der Waals surface area contributed by atoms with Gasteiger partial charge in [-0.15, -0.1) is 0 Å². The lowest BCUT2D eigenvalue weighted by molar-refractivity contribution is 0.355. The first-order chi connectivity index (χ1) is 6.90. The number of nitrogens with one attached hydrogen (secondary N) is 1. The number of benzene rings is 1. The van der Waals surface area contributed by atoms with Gasteiger partial charge in [0.15, 0.2) is 0 Å². The van der Waals surface area contributed by atoms with Crippen LogP contribution in [0.4, 0.5) is 0 Å². The summed E-state index contributed by atoms with van der Waals surface area (Å²) >= 11 is 0. The third kappa shape index (κ3) is 2.16. The molecule has 1 heteroatoms. The predicted octanol–water partition coefficient (Wildman–Crippen LogP) is 2.93. The molecule has 1 heterocycles. The fourth-order valence-corrected chi connectivity index (χ4v) is 2.35. The molecule has 0 aliphatic carbocycles. The lowest BCUT2D eigenvalue weighted by atomic mass is 9.86. The molecular weight excluding hydrogens is 170 g/mol. The SMILES string of the molecule is CCC1CC(c2ccccc2)CCN1. The molecule has 1 aliphatic heterocycles. The molecule has 0 saturated carbocycles. The molecule has 1 N–H and O–H groups in total. The number of piperidine rings is 1. The van der Waals surface area contributed by atoms with Crippen molar-refractivity contribution in [3.63, 3.8) is 0 Å². The topological polar surface area (TPSA) is 12.0 Å². The third-order valence-corrected chi connectivity index (χ3v) is 3.26. The standard InChI is InChI=1S/C13H19N/c1-2-13-10-12(8-9-14-13)11-6-4-3-5-7-11/h3-7,12-14H,2,8-10H2,1H3. The van der Waals surface area contributed by atoms with Gasteiger partial charge in [0.2, 0.25) is 0 Å². The maximum absolute atomic E-state index is 3.57. The number of rotatable bonds is 2. The highest BCUT2D eigenvalue weighted by Gasteiger charge is 2.20. The molecule has 0 aromatic heterocycles. The Bertz CT molecular complexity index is 268. The molecule has 1 saturated heterocycles. The summed E-state index contributed by atoms with van der Waals surface area (Å²) in [5.74, 6) is 0.780. The minimum Gasteiger partial charge on any atom is -0.314 e. The van der Waals surface area contributed by atoms with Gasteiger partial charge in [-0.1, -0.05) is 37.3 Å². The van der Waals surface area contributed by atoms with Crippen LogP contribution >= 0.6 is 0 Å². The quantitative estimate of drug-likeness (QED) is 0.754. The molecule has 2 atom stereocenters. The summed E-state index contributed by atoms with van der Waals surface area (Å²) < 4.78 is 0. The van der Waals surface area contributed by atoms with Crippen LogP contribution in [0.25, 0.3) is 0 Å². The van der Waals surface area contributed by atoms with E-state index in [1.807, 2.05) is 0 Å². The molecule has 1 nitrogen and oxygen atoms in total. The highest BCUT2D eigenvalue weighted by Crippen LogP contribution is 2.28. The minimum atomic E-state index is 0.731. The highest BCUT2D eigenvalue weighted by molar-refractivity contribution is 5.20. The Balaban J connectivity index is 2.04. The summed E-state index contributed by atoms with van der Waals surface area (Å²) in [6, 6.07) is 11.7. The van der Waals surface area contributed by atoms with E-state index in [9.17, 15) is 0 Å². The Morgan fingerprint density at radius 3 is 2.79 bits per heavy atom. The zero-order valence-electron chi connectivity index (χ0n) is 8.87. The van der Waals surface area contributed by atoms with Gasteiger partial charge in [-0.25, -0.2) is 0 Å². The van der Waals surface area contributed by atoms with Gasteiger partial charge >= 0.3 is 0 Å². The summed E-state index contributed by atoms with van der Waals surface area (Å²) in [6.45, 7) is 3.45. The first-order valence-electron chi connectivity index (χ1n) is 5.68. The fourth-order valence-electron chi connectivity index (χ4n) is 2.35. The van der Waals surface area contributed by atoms with Crippen LogP contribution < -0.4 is 5.32 Å². The van der Waals surface area contributed by atoms with Gasteiger partial charge in [-0.3, -0.25) is 0 Å². The summed E-state index contributed by atoms with van der Waals surface area (Å²) in [6.07, 6.45) is 3.85. The molecule has 2 rings (SSSR count). The van der Waals surface area contributed by atoms with E-state index in [0.29, 0.717) is 0 Å². The Morgan fingerprint density at radius 1 is 1.29 bits per heavy atom. The van der Waals surface area contributed by atoms with Crippen molar-refractivity contribution in [3.8, 4) is 0 Å². The molecule has 0 spiro atoms. The zero-order valence-corrected chi connectivity index (χ0v) is 8.87. The van der Waals surface area contributed by atoms with Crippen molar-refractivity contribution in [2.75, 3.05) is 6.54 Å². The van der Waals surface area contributed by atoms with E-state index >= 15 is 0 Å². The molecule has 1 aliphatic rings. The van der Waals surface area contributed by atoms with E-state index in [-0.39, 0.29) is 0 Å². The number of hydrogen-bond donors (Lipinski definition) is 1. The van der Waals surface area contributed by atoms with E-state index < -0.39 is 0 Å². The van der Waals surface area contributed by atoms with Crippen LogP contribution in [0.2, 0.25) is 0 Å². The van der Waals surface area contributed by atoms with Gasteiger partial charge in [0.1, 0.15) is 0 Å². The fraction of sp³-hybridized carbons (Fsp3) is 0.538. The van der Waals surface area contributed by atoms with E-state index in [1.54, 1.807) is 0 Å². The minimum absolute atomic E-state index is 0.731. The van der Waals surface area contributed by atoms with Crippen molar-refractivity contribution in [3.05, 3.63) is 35.9 Å². The van der Waals surface area contributed by atoms with Crippen molar-refractivity contribution in [1.29, 1.82) is 0 Å². The first-order valence-corrected chi connectivity index (χ1v) is 5.68. The average molecular weight is 189 g/mol. The van der Waals surface area contributed by atoms with Crippen molar-refractivity contribution in [1.82, 2.24) is 5.32 Å². The molecular formula is C13H19N. The van der Waals surface area contributed by atoms with E-state index in [4.69, 9.17) is 0 Å². The maximum atomic E-state index is 3.57. The maximum Gasteiger partial charge on any atom is 0.00702 e. The molecule has 14 heavy (non-hydrogen) atoms. The second kappa shape index (κ2) is 4.61. The monoisotopic (exact) mass is 189 g/mol. The molecule has 2 unspecified atom stereocenters. The Kier molecular flexibility index (Phi) is 3.20. The first kappa shape index (κ1) is 9.72. The number of hydrogen-bond acceptors (Lipinski definition) is 1. The van der Waals surface area contributed by atoms with E-state index in [1.165, 1.54) is 31.4 Å². The van der Waals surface area contributed by atoms with Gasteiger partial charge in [0.25, 0.3) is 0 Å². The second-order valence-corrected chi connectivity index (χ2v) is 4.19. The largest absolute Gasteiger partial charge is 0.314 e. The summed E-state index contributed by atoms with van der Waals surface area (Å²) in [5.41, 5.74) is 1.52. The van der Waals surface area contributed by atoms with E-state index in [2.05, 4.69) is 42.6 Å². The second-order valence-electron chi connectivity index (χ2n) is 4.19. The molecule has 76 valence electrons. The lowest BCUT2D eigenvalue weighted by Crippen LogP contribution is -2.36. The normalized spacial score (nSPS) is 27.5. The van der Waals surface area contributed by atoms with Crippen molar-refractivity contribution in [2.24, 2.45) is 0 Å². The molecule has 1 fully saturated rings. The van der Waals surface area contributed by atoms with Gasteiger partial charge < -0.3 is 5.32 Å². The Hall–Kier alpha value is -0.820. The van der Waals surface area contributed by atoms with Gasteiger partial charge in [0.05, 0.1) is 0 Å². The van der Waals surface area contributed by atoms with Crippen LogP contribution in [0, 0.1) is 0 Å². The van der Waals surface area contributed by atoms with Crippen LogP contribution in [0.15, 0.2) is 30.3 Å². The lowest BCUT2D eigenvalue weighted by Gasteiger charge is -2.30. The van der Waals surface area contributed by atoms with Gasteiger partial charge in [-0.05, 0) is 37.3 Å². The van der Waals surface area contributed by atoms with Crippen molar-refractivity contribution < 1.29 is 0 Å². The summed E-state index contributed by atoms with van der Waals surface area (Å²) in [7, 11) is 0. The molecule has 0 amide bonds. The predicted molar refractivity (Wildman–Crippen MR) is 60.5 cm³/mol. The van der Waals surface area contributed by atoms with Crippen molar-refractivity contribution >= 4 is 0 Å². The molecule has 1 aromatic carbocycles. The summed E-state index contributed by atoms with van der Waals surface area (Å²) in [5, 5.41) is 3.57. The Labute approximate surface area is 86.5 Å². The van der Waals surface area contributed by atoms with E-state index in [0.717, 1.165) is 12.0 Å². The average Bonchev–Trinajstić information content (AvgIpc) is 2.30. The van der Waals surface area contributed by atoms with Crippen LogP contribution in [0.3, 0.4) is 0 Å². The van der Waals surface area contributed by atoms with Crippen LogP contribution in [0.5, 0.6) is 0 Å². The van der Waals surface area contributed by atoms with Crippen LogP contribution in [-0.4, -0.2) is 12.6 Å². The molecule has 0 bridgehead atoms. The third-order valence-electron chi connectivity index (χ3n) is 3.26. The van der Waals surface area contributed by atoms with Crippen LogP contribution in [0.1, 0.15) is 37.7 Å². The smallest absolute Gasteiger partial charge is 0.00702 e. The van der Waals surface area contributed by atoms with Gasteiger partial charge in [0, 0.05) is 6.04 Å². The Morgan fingerprint density at radius 2 is 2.07 bits per heavy atom. The van der Waals surface area contributed by atoms with Crippen LogP contribution in [-0.2, 0) is 0 Å². The van der Waals surface area contributed by atoms with Gasteiger partial charge in [-0.2, -0.15) is 0 Å². The van der Waals surface area contributed by atoms with Crippen molar-refractivity contribution in [2.45, 2.75) is 38.1 Å². The summed E-state index contributed by atoms with van der Waals surface area (Å²) in [4.78, 5) is 0. The molecule has 0 radical (unpaired) electrons. The molecule has 1 aromatic rings. The highest BCUT2D eigenvalue weighted by atomic mass is 14.9. The zero-order chi connectivity index (χ0) is 9.80.